The number of aliphatic hydroxyl groups is 1. The van der Waals surface area contributed by atoms with Crippen molar-refractivity contribution in [3.8, 4) is 11.8 Å². The van der Waals surface area contributed by atoms with Gasteiger partial charge in [0.2, 0.25) is 0 Å². The van der Waals surface area contributed by atoms with Gasteiger partial charge in [0, 0.05) is 54.5 Å². The fraction of sp³-hybridized carbons (Fsp3) is 0.361. The van der Waals surface area contributed by atoms with E-state index in [2.05, 4.69) is 22.6 Å². The normalized spacial score (nSPS) is 12.1. The van der Waals surface area contributed by atoms with E-state index in [4.69, 9.17) is 0 Å². The largest absolute Gasteiger partial charge is 0.390 e. The van der Waals surface area contributed by atoms with Gasteiger partial charge in [-0.05, 0) is 74.2 Å². The van der Waals surface area contributed by atoms with Gasteiger partial charge >= 0.3 is 0 Å². The van der Waals surface area contributed by atoms with E-state index in [1.807, 2.05) is 13.8 Å². The molecular weight excluding hydrogens is 590 g/mol. The second-order valence-corrected chi connectivity index (χ2v) is 10.9. The van der Waals surface area contributed by atoms with Crippen LogP contribution in [0.2, 0.25) is 0 Å². The molecule has 0 spiro atoms. The zero-order chi connectivity index (χ0) is 33.6. The van der Waals surface area contributed by atoms with E-state index in [9.17, 15) is 28.3 Å². The van der Waals surface area contributed by atoms with E-state index in [1.54, 1.807) is 61.2 Å². The van der Waals surface area contributed by atoms with E-state index in [-0.39, 0.29) is 35.9 Å². The molecule has 3 aromatic rings. The van der Waals surface area contributed by atoms with Crippen LogP contribution in [0.4, 0.5) is 8.78 Å². The van der Waals surface area contributed by atoms with Gasteiger partial charge in [-0.15, -0.1) is 5.92 Å². The van der Waals surface area contributed by atoms with Crippen LogP contribution in [-0.4, -0.2) is 71.1 Å². The predicted octanol–water partition coefficient (Wildman–Crippen LogP) is 4.97. The number of amides is 3. The van der Waals surface area contributed by atoms with Gasteiger partial charge in [0.15, 0.2) is 0 Å². The lowest BCUT2D eigenvalue weighted by Gasteiger charge is -2.30. The van der Waals surface area contributed by atoms with Crippen molar-refractivity contribution in [2.24, 2.45) is 0 Å². The minimum absolute atomic E-state index is 0.105. The summed E-state index contributed by atoms with van der Waals surface area (Å²) in [6.07, 6.45) is 0.144. The Kier molecular flexibility index (Phi) is 13.9. The lowest BCUT2D eigenvalue weighted by Crippen LogP contribution is -2.53. The molecule has 0 saturated heterocycles. The molecular formula is C36H42F2N4O4. The zero-order valence-corrected chi connectivity index (χ0v) is 26.8. The lowest BCUT2D eigenvalue weighted by molar-refractivity contribution is 0.0471. The summed E-state index contributed by atoms with van der Waals surface area (Å²) in [4.78, 5) is 41.7. The van der Waals surface area contributed by atoms with Crippen molar-refractivity contribution in [1.29, 1.82) is 0 Å². The van der Waals surface area contributed by atoms with E-state index < -0.39 is 29.7 Å². The molecule has 0 aromatic heterocycles. The van der Waals surface area contributed by atoms with Crippen molar-refractivity contribution in [3.63, 3.8) is 0 Å². The van der Waals surface area contributed by atoms with Crippen LogP contribution in [-0.2, 0) is 6.42 Å². The molecule has 2 atom stereocenters. The number of benzene rings is 3. The molecule has 3 N–H and O–H groups in total. The van der Waals surface area contributed by atoms with Gasteiger partial charge in [0.1, 0.15) is 11.6 Å². The molecule has 2 unspecified atom stereocenters. The SMILES string of the molecule is CC#Cc1cc(C(=O)NC(Cc2cc(F)cc(F)c2)C(O)CN(CC)NC(=O)c2ccccc2)cc(C(=O)N(CCC)CCC)c1. The van der Waals surface area contributed by atoms with Crippen LogP contribution >= 0.6 is 0 Å². The Bertz CT molecular complexity index is 1530. The average molecular weight is 633 g/mol. The summed E-state index contributed by atoms with van der Waals surface area (Å²) in [5.74, 6) is 2.91. The third-order valence-corrected chi connectivity index (χ3v) is 7.23. The highest BCUT2D eigenvalue weighted by molar-refractivity contribution is 6.00. The summed E-state index contributed by atoms with van der Waals surface area (Å²) >= 11 is 0. The quantitative estimate of drug-likeness (QED) is 0.162. The number of hydrogen-bond donors (Lipinski definition) is 3. The Morgan fingerprint density at radius 2 is 1.48 bits per heavy atom. The molecule has 10 heteroatoms. The smallest absolute Gasteiger partial charge is 0.265 e. The summed E-state index contributed by atoms with van der Waals surface area (Å²) < 4.78 is 28.2. The summed E-state index contributed by atoms with van der Waals surface area (Å²) in [5.41, 5.74) is 4.31. The van der Waals surface area contributed by atoms with Gasteiger partial charge in [0.25, 0.3) is 17.7 Å². The van der Waals surface area contributed by atoms with Crippen LogP contribution < -0.4 is 10.7 Å². The van der Waals surface area contributed by atoms with Crippen LogP contribution in [0.25, 0.3) is 0 Å². The Hall–Kier alpha value is -4.59. The zero-order valence-electron chi connectivity index (χ0n) is 26.8. The molecule has 3 rings (SSSR count). The first kappa shape index (κ1) is 35.9. The molecule has 0 heterocycles. The number of nitrogens with zero attached hydrogens (tertiary/aromatic N) is 2. The van der Waals surface area contributed by atoms with E-state index in [0.717, 1.165) is 31.0 Å². The van der Waals surface area contributed by atoms with Gasteiger partial charge < -0.3 is 15.3 Å². The maximum Gasteiger partial charge on any atom is 0.265 e. The van der Waals surface area contributed by atoms with Gasteiger partial charge in [-0.2, -0.15) is 0 Å². The van der Waals surface area contributed by atoms with Crippen LogP contribution in [0.3, 0.4) is 0 Å². The van der Waals surface area contributed by atoms with Crippen LogP contribution in [0, 0.1) is 23.5 Å². The maximum absolute atomic E-state index is 14.1. The summed E-state index contributed by atoms with van der Waals surface area (Å²) in [6, 6.07) is 15.2. The minimum atomic E-state index is -1.28. The van der Waals surface area contributed by atoms with E-state index in [0.29, 0.717) is 36.3 Å². The molecule has 8 nitrogen and oxygen atoms in total. The molecule has 0 aliphatic rings. The number of carbonyl (C=O) groups excluding carboxylic acids is 3. The Labute approximate surface area is 269 Å². The fourth-order valence-electron chi connectivity index (χ4n) is 5.06. The lowest BCUT2D eigenvalue weighted by atomic mass is 9.99. The topological polar surface area (TPSA) is 102 Å². The van der Waals surface area contributed by atoms with Crippen molar-refractivity contribution in [1.82, 2.24) is 20.7 Å². The summed E-state index contributed by atoms with van der Waals surface area (Å²) in [5, 5.41) is 15.7. The molecule has 0 saturated carbocycles. The highest BCUT2D eigenvalue weighted by atomic mass is 19.1. The highest BCUT2D eigenvalue weighted by Gasteiger charge is 2.27. The first-order valence-corrected chi connectivity index (χ1v) is 15.5. The molecule has 244 valence electrons. The number of halogens is 2. The van der Waals surface area contributed by atoms with Crippen LogP contribution in [0.5, 0.6) is 0 Å². The third kappa shape index (κ3) is 10.5. The van der Waals surface area contributed by atoms with Crippen LogP contribution in [0.1, 0.15) is 82.7 Å². The van der Waals surface area contributed by atoms with Crippen molar-refractivity contribution in [2.75, 3.05) is 26.2 Å². The van der Waals surface area contributed by atoms with Crippen molar-refractivity contribution in [2.45, 2.75) is 59.1 Å². The number of likely N-dealkylation sites (N-methyl/N-ethyl adjacent to an activating group) is 1. The number of hydrogen-bond acceptors (Lipinski definition) is 5. The Morgan fingerprint density at radius 1 is 0.848 bits per heavy atom. The number of nitrogens with one attached hydrogen (secondary N) is 2. The number of carbonyl (C=O) groups is 3. The first-order chi connectivity index (χ1) is 22.1. The molecule has 3 aromatic carbocycles. The highest BCUT2D eigenvalue weighted by Crippen LogP contribution is 2.17. The molecule has 3 amide bonds. The van der Waals surface area contributed by atoms with Gasteiger partial charge in [-0.3, -0.25) is 19.8 Å². The summed E-state index contributed by atoms with van der Waals surface area (Å²) in [7, 11) is 0. The number of aliphatic hydroxyl groups excluding tert-OH is 1. The predicted molar refractivity (Wildman–Crippen MR) is 174 cm³/mol. The monoisotopic (exact) mass is 632 g/mol. The maximum atomic E-state index is 14.1. The molecule has 0 aliphatic carbocycles. The summed E-state index contributed by atoms with van der Waals surface area (Å²) in [6.45, 7) is 8.73. The van der Waals surface area contributed by atoms with Gasteiger partial charge in [-0.25, -0.2) is 13.8 Å². The molecule has 0 radical (unpaired) electrons. The number of rotatable bonds is 15. The molecule has 0 bridgehead atoms. The Balaban J connectivity index is 1.92. The second-order valence-electron chi connectivity index (χ2n) is 10.9. The second kappa shape index (κ2) is 17.8. The van der Waals surface area contributed by atoms with Crippen LogP contribution in [0.15, 0.2) is 66.7 Å². The molecule has 0 aliphatic heterocycles. The van der Waals surface area contributed by atoms with Crippen molar-refractivity contribution in [3.05, 3.63) is 106 Å². The van der Waals surface area contributed by atoms with Gasteiger partial charge in [0.05, 0.1) is 12.1 Å². The molecule has 46 heavy (non-hydrogen) atoms. The van der Waals surface area contributed by atoms with E-state index in [1.165, 1.54) is 11.1 Å². The number of hydrazine groups is 1. The van der Waals surface area contributed by atoms with Gasteiger partial charge in [-0.1, -0.05) is 44.9 Å². The minimum Gasteiger partial charge on any atom is -0.390 e. The Morgan fingerprint density at radius 3 is 2.07 bits per heavy atom. The van der Waals surface area contributed by atoms with E-state index >= 15 is 0 Å². The standard InChI is InChI=1S/C36H42F2N4O4/c1-5-12-25-17-28(22-29(18-25)36(46)41(15-6-2)16-7-3)34(44)39-32(21-26-19-30(37)23-31(38)20-26)33(43)24-42(8-4)40-35(45)27-13-10-9-11-14-27/h9-11,13-14,17-20,22-23,32-33,43H,6-8,15-16,21,24H2,1-4H3,(H,39,44)(H,40,45). The molecule has 0 fully saturated rings. The van der Waals surface area contributed by atoms with Crippen molar-refractivity contribution >= 4 is 17.7 Å². The fourth-order valence-corrected chi connectivity index (χ4v) is 5.06. The third-order valence-electron chi connectivity index (χ3n) is 7.23. The average Bonchev–Trinajstić information content (AvgIpc) is 3.03. The van der Waals surface area contributed by atoms with Crippen molar-refractivity contribution < 1.29 is 28.3 Å². The first-order valence-electron chi connectivity index (χ1n) is 15.5.